The number of rotatable bonds is 8. The van der Waals surface area contributed by atoms with Crippen LogP contribution in [0.2, 0.25) is 0 Å². The average Bonchev–Trinajstić information content (AvgIpc) is 3.04. The molecule has 1 aromatic carbocycles. The number of hydrogen-bond acceptors (Lipinski definition) is 7. The Hall–Kier alpha value is -1.49. The lowest BCUT2D eigenvalue weighted by Crippen LogP contribution is -2.27. The van der Waals surface area contributed by atoms with E-state index in [0.29, 0.717) is 12.3 Å². The van der Waals surface area contributed by atoms with Gasteiger partial charge in [0.25, 0.3) is 10.0 Å². The third-order valence-corrected chi connectivity index (χ3v) is 6.89. The lowest BCUT2D eigenvalue weighted by Gasteiger charge is -2.15. The van der Waals surface area contributed by atoms with E-state index in [4.69, 9.17) is 0 Å². The maximum atomic E-state index is 12.2. The van der Waals surface area contributed by atoms with Gasteiger partial charge in [-0.15, -0.1) is 10.2 Å². The average molecular weight is 415 g/mol. The van der Waals surface area contributed by atoms with E-state index in [0.717, 1.165) is 17.1 Å². The van der Waals surface area contributed by atoms with E-state index < -0.39 is 15.4 Å². The summed E-state index contributed by atoms with van der Waals surface area (Å²) < 4.78 is 26.8. The number of amides is 1. The maximum Gasteiger partial charge on any atom is 0.269 e. The number of carbonyl (C=O) groups is 1. The van der Waals surface area contributed by atoms with Gasteiger partial charge in [0.1, 0.15) is 0 Å². The molecule has 0 unspecified atom stereocenters. The van der Waals surface area contributed by atoms with Crippen LogP contribution in [0.15, 0.2) is 34.7 Å². The minimum Gasteiger partial charge on any atom is -0.300 e. The molecule has 7 nitrogen and oxygen atoms in total. The van der Waals surface area contributed by atoms with Gasteiger partial charge in [0.2, 0.25) is 15.4 Å². The van der Waals surface area contributed by atoms with E-state index in [1.807, 2.05) is 30.3 Å². The summed E-state index contributed by atoms with van der Waals surface area (Å²) in [6.07, 6.45) is 0. The van der Waals surface area contributed by atoms with Gasteiger partial charge in [0.15, 0.2) is 0 Å². The Bertz CT molecular complexity index is 830. The van der Waals surface area contributed by atoms with Crippen LogP contribution in [-0.2, 0) is 20.6 Å². The highest BCUT2D eigenvalue weighted by Crippen LogP contribution is 2.22. The van der Waals surface area contributed by atoms with Crippen LogP contribution < -0.4 is 10.0 Å². The lowest BCUT2D eigenvalue weighted by molar-refractivity contribution is -0.123. The van der Waals surface area contributed by atoms with E-state index in [1.54, 1.807) is 32.5 Å². The minimum absolute atomic E-state index is 0.158. The number of thioether (sulfide) groups is 1. The van der Waals surface area contributed by atoms with Gasteiger partial charge in [-0.1, -0.05) is 62.4 Å². The molecule has 0 radical (unpaired) electrons. The molecule has 0 bridgehead atoms. The first-order chi connectivity index (χ1) is 12.2. The molecule has 0 atom stereocenters. The van der Waals surface area contributed by atoms with Crippen LogP contribution in [-0.4, -0.2) is 36.8 Å². The van der Waals surface area contributed by atoms with Crippen molar-refractivity contribution in [3.63, 3.8) is 0 Å². The number of sulfonamides is 1. The van der Waals surface area contributed by atoms with Crippen LogP contribution in [0, 0.1) is 5.41 Å². The number of aromatic nitrogens is 2. The van der Waals surface area contributed by atoms with Crippen molar-refractivity contribution in [3.8, 4) is 0 Å². The molecule has 142 valence electrons. The molecule has 1 heterocycles. The van der Waals surface area contributed by atoms with Gasteiger partial charge in [-0.3, -0.25) is 4.79 Å². The molecule has 26 heavy (non-hydrogen) atoms. The molecule has 0 aliphatic heterocycles. The van der Waals surface area contributed by atoms with Crippen molar-refractivity contribution in [3.05, 3.63) is 35.9 Å². The molecule has 0 saturated carbocycles. The topological polar surface area (TPSA) is 101 Å². The summed E-state index contributed by atoms with van der Waals surface area (Å²) in [4.78, 5) is 11.9. The molecule has 0 aliphatic rings. The van der Waals surface area contributed by atoms with Crippen molar-refractivity contribution in [1.29, 1.82) is 0 Å². The molecule has 0 fully saturated rings. The largest absolute Gasteiger partial charge is 0.300 e. The highest BCUT2D eigenvalue weighted by atomic mass is 32.2. The first-order valence-electron chi connectivity index (χ1n) is 7.95. The monoisotopic (exact) mass is 414 g/mol. The minimum atomic E-state index is -3.73. The smallest absolute Gasteiger partial charge is 0.269 e. The van der Waals surface area contributed by atoms with Crippen LogP contribution in [0.3, 0.4) is 0 Å². The van der Waals surface area contributed by atoms with Crippen LogP contribution in [0.1, 0.15) is 26.3 Å². The van der Waals surface area contributed by atoms with E-state index in [-0.39, 0.29) is 15.4 Å². The molecule has 0 aliphatic carbocycles. The zero-order valence-electron chi connectivity index (χ0n) is 14.9. The second-order valence-electron chi connectivity index (χ2n) is 6.51. The first kappa shape index (κ1) is 20.8. The van der Waals surface area contributed by atoms with Crippen LogP contribution in [0.4, 0.5) is 5.13 Å². The highest BCUT2D eigenvalue weighted by Gasteiger charge is 2.24. The Labute approximate surface area is 162 Å². The fourth-order valence-electron chi connectivity index (χ4n) is 1.73. The number of anilines is 1. The van der Waals surface area contributed by atoms with Gasteiger partial charge in [-0.25, -0.2) is 13.1 Å². The van der Waals surface area contributed by atoms with E-state index in [1.165, 1.54) is 5.56 Å². The second-order valence-corrected chi connectivity index (χ2v) is 10.5. The fraction of sp³-hybridized carbons (Fsp3) is 0.438. The molecule has 10 heteroatoms. The first-order valence-corrected chi connectivity index (χ1v) is 11.4. The Morgan fingerprint density at radius 1 is 1.19 bits per heavy atom. The van der Waals surface area contributed by atoms with E-state index >= 15 is 0 Å². The Balaban J connectivity index is 1.81. The molecule has 0 saturated heterocycles. The predicted molar refractivity (Wildman–Crippen MR) is 106 cm³/mol. The third kappa shape index (κ3) is 6.35. The zero-order chi connectivity index (χ0) is 19.2. The van der Waals surface area contributed by atoms with Crippen LogP contribution in [0.25, 0.3) is 0 Å². The second kappa shape index (κ2) is 8.94. The molecular weight excluding hydrogens is 392 g/mol. The Morgan fingerprint density at radius 2 is 1.88 bits per heavy atom. The van der Waals surface area contributed by atoms with Crippen molar-refractivity contribution in [2.45, 2.75) is 30.9 Å². The summed E-state index contributed by atoms with van der Waals surface area (Å²) in [6, 6.07) is 9.98. The van der Waals surface area contributed by atoms with Crippen LogP contribution >= 0.6 is 23.1 Å². The third-order valence-electron chi connectivity index (χ3n) is 3.19. The van der Waals surface area contributed by atoms with Crippen molar-refractivity contribution >= 4 is 44.2 Å². The van der Waals surface area contributed by atoms with Gasteiger partial charge < -0.3 is 5.32 Å². The molecule has 2 aromatic rings. The Morgan fingerprint density at radius 3 is 2.54 bits per heavy atom. The highest BCUT2D eigenvalue weighted by molar-refractivity contribution is 7.98. The summed E-state index contributed by atoms with van der Waals surface area (Å²) in [6.45, 7) is 5.57. The molecule has 1 amide bonds. The van der Waals surface area contributed by atoms with Crippen molar-refractivity contribution in [1.82, 2.24) is 14.9 Å². The van der Waals surface area contributed by atoms with Gasteiger partial charge in [0, 0.05) is 23.5 Å². The fourth-order valence-corrected chi connectivity index (χ4v) is 4.64. The van der Waals surface area contributed by atoms with Gasteiger partial charge in [0.05, 0.1) is 0 Å². The molecular formula is C16H22N4O3S3. The van der Waals surface area contributed by atoms with Crippen LogP contribution in [0.5, 0.6) is 0 Å². The number of hydrogen-bond donors (Lipinski definition) is 2. The van der Waals surface area contributed by atoms with E-state index in [9.17, 15) is 13.2 Å². The quantitative estimate of drug-likeness (QED) is 0.509. The zero-order valence-corrected chi connectivity index (χ0v) is 17.3. The van der Waals surface area contributed by atoms with Gasteiger partial charge >= 0.3 is 0 Å². The summed E-state index contributed by atoms with van der Waals surface area (Å²) in [5.41, 5.74) is 0.600. The van der Waals surface area contributed by atoms with Crippen molar-refractivity contribution in [2.24, 2.45) is 5.41 Å². The molecule has 1 aromatic heterocycles. The Kier molecular flexibility index (Phi) is 7.16. The standard InChI is InChI=1S/C16H22N4O3S3/c1-16(2,3)13(21)18-14-19-20-15(25-14)26(22,23)17-9-10-24-11-12-7-5-4-6-8-12/h4-8,17H,9-11H2,1-3H3,(H,18,19,21). The lowest BCUT2D eigenvalue weighted by atomic mass is 9.96. The normalized spacial score (nSPS) is 12.1. The molecule has 0 spiro atoms. The predicted octanol–water partition coefficient (Wildman–Crippen LogP) is 2.73. The summed E-state index contributed by atoms with van der Waals surface area (Å²) >= 11 is 2.48. The van der Waals surface area contributed by atoms with Gasteiger partial charge in [-0.2, -0.15) is 11.8 Å². The number of carbonyl (C=O) groups excluding carboxylic acids is 1. The van der Waals surface area contributed by atoms with E-state index in [2.05, 4.69) is 20.2 Å². The maximum absolute atomic E-state index is 12.2. The van der Waals surface area contributed by atoms with Gasteiger partial charge in [-0.05, 0) is 5.56 Å². The molecule has 2 rings (SSSR count). The summed E-state index contributed by atoms with van der Waals surface area (Å²) in [7, 11) is -3.73. The molecule has 2 N–H and O–H groups in total. The number of nitrogens with zero attached hydrogens (tertiary/aromatic N) is 2. The summed E-state index contributed by atoms with van der Waals surface area (Å²) in [5.74, 6) is 1.22. The van der Waals surface area contributed by atoms with Crippen molar-refractivity contribution in [2.75, 3.05) is 17.6 Å². The summed E-state index contributed by atoms with van der Waals surface area (Å²) in [5, 5.41) is 10.1. The number of benzene rings is 1. The number of nitrogens with one attached hydrogen (secondary N) is 2. The van der Waals surface area contributed by atoms with Crippen molar-refractivity contribution < 1.29 is 13.2 Å². The SMILES string of the molecule is CC(C)(C)C(=O)Nc1nnc(S(=O)(=O)NCCSCc2ccccc2)s1.